The smallest absolute Gasteiger partial charge is 0.238 e. The number of aromatic nitrogens is 1. The molecular formula is C36H29N3O. The molecule has 2 heterocycles. The third kappa shape index (κ3) is 4.86. The topological polar surface area (TPSA) is 54.2 Å². The second kappa shape index (κ2) is 10.6. The third-order valence-electron chi connectivity index (χ3n) is 7.27. The molecule has 0 saturated heterocycles. The lowest BCUT2D eigenvalue weighted by molar-refractivity contribution is 0.593. The largest absolute Gasteiger partial charge is 0.436 e. The van der Waals surface area contributed by atoms with Gasteiger partial charge in [0.15, 0.2) is 0 Å². The second-order valence-corrected chi connectivity index (χ2v) is 10.3. The van der Waals surface area contributed by atoms with Crippen LogP contribution >= 0.6 is 0 Å². The summed E-state index contributed by atoms with van der Waals surface area (Å²) in [4.78, 5) is 4.77. The van der Waals surface area contributed by atoms with Gasteiger partial charge in [-0.05, 0) is 38.0 Å². The number of hydrogen-bond acceptors (Lipinski definition) is 3. The number of nitriles is 1. The molecule has 0 aliphatic rings. The van der Waals surface area contributed by atoms with Crippen molar-refractivity contribution < 1.29 is 4.42 Å². The Morgan fingerprint density at radius 2 is 1.38 bits per heavy atom. The van der Waals surface area contributed by atoms with Crippen LogP contribution in [0, 0.1) is 32.1 Å². The number of benzene rings is 4. The van der Waals surface area contributed by atoms with Gasteiger partial charge in [0.25, 0.3) is 0 Å². The lowest BCUT2D eigenvalue weighted by atomic mass is 9.97. The minimum absolute atomic E-state index is 0.309. The SMILES string of the molecule is Cc1ccc(Cn2cc(C=Nc3oc(-c4ccc(C)cc4)c(-c4ccc(C)cc4)c3C#N)c3ccccc32)cc1. The molecule has 4 heteroatoms. The van der Waals surface area contributed by atoms with Gasteiger partial charge in [-0.3, -0.25) is 0 Å². The molecule has 0 aliphatic heterocycles. The number of aliphatic imine (C=N–C) groups is 1. The fraction of sp³-hybridized carbons (Fsp3) is 0.111. The van der Waals surface area contributed by atoms with E-state index in [-0.39, 0.29) is 0 Å². The third-order valence-corrected chi connectivity index (χ3v) is 7.27. The molecule has 194 valence electrons. The summed E-state index contributed by atoms with van der Waals surface area (Å²) < 4.78 is 8.61. The molecular weight excluding hydrogens is 490 g/mol. The summed E-state index contributed by atoms with van der Waals surface area (Å²) in [5.41, 5.74) is 9.93. The maximum absolute atomic E-state index is 10.3. The second-order valence-electron chi connectivity index (χ2n) is 10.3. The number of nitrogens with zero attached hydrogens (tertiary/aromatic N) is 3. The van der Waals surface area contributed by atoms with Gasteiger partial charge in [-0.15, -0.1) is 0 Å². The van der Waals surface area contributed by atoms with Crippen molar-refractivity contribution in [1.29, 1.82) is 5.26 Å². The Labute approximate surface area is 234 Å². The fourth-order valence-electron chi connectivity index (χ4n) is 5.04. The molecule has 0 saturated carbocycles. The van der Waals surface area contributed by atoms with E-state index in [9.17, 15) is 5.26 Å². The van der Waals surface area contributed by atoms with E-state index in [2.05, 4.69) is 92.2 Å². The molecule has 0 bridgehead atoms. The predicted octanol–water partition coefficient (Wildman–Crippen LogP) is 9.16. The Balaban J connectivity index is 1.45. The summed E-state index contributed by atoms with van der Waals surface area (Å²) in [6, 6.07) is 35.6. The molecule has 4 nitrogen and oxygen atoms in total. The lowest BCUT2D eigenvalue weighted by Crippen LogP contribution is -1.97. The normalized spacial score (nSPS) is 11.3. The van der Waals surface area contributed by atoms with Crippen LogP contribution in [0.4, 0.5) is 5.88 Å². The highest BCUT2D eigenvalue weighted by atomic mass is 16.4. The van der Waals surface area contributed by atoms with Crippen molar-refractivity contribution in [3.63, 3.8) is 0 Å². The van der Waals surface area contributed by atoms with E-state index in [1.165, 1.54) is 11.1 Å². The van der Waals surface area contributed by atoms with Gasteiger partial charge in [0, 0.05) is 46.5 Å². The summed E-state index contributed by atoms with van der Waals surface area (Å²) in [5.74, 6) is 0.957. The van der Waals surface area contributed by atoms with Crippen LogP contribution in [-0.2, 0) is 6.54 Å². The van der Waals surface area contributed by atoms with Crippen LogP contribution in [0.25, 0.3) is 33.4 Å². The molecule has 0 aliphatic carbocycles. The van der Waals surface area contributed by atoms with Crippen molar-refractivity contribution in [3.05, 3.63) is 137 Å². The molecule has 0 N–H and O–H groups in total. The van der Waals surface area contributed by atoms with Crippen molar-refractivity contribution >= 4 is 23.0 Å². The molecule has 0 fully saturated rings. The first kappa shape index (κ1) is 25.2. The van der Waals surface area contributed by atoms with Crippen LogP contribution in [0.1, 0.15) is 33.4 Å². The highest BCUT2D eigenvalue weighted by molar-refractivity contribution is 6.00. The summed E-state index contributed by atoms with van der Waals surface area (Å²) in [6.45, 7) is 6.96. The molecule has 0 radical (unpaired) electrons. The van der Waals surface area contributed by atoms with Crippen LogP contribution in [0.2, 0.25) is 0 Å². The van der Waals surface area contributed by atoms with Gasteiger partial charge in [-0.25, -0.2) is 4.99 Å². The van der Waals surface area contributed by atoms with Crippen molar-refractivity contribution in [2.75, 3.05) is 0 Å². The van der Waals surface area contributed by atoms with Crippen LogP contribution in [0.15, 0.2) is 113 Å². The number of para-hydroxylation sites is 1. The molecule has 6 rings (SSSR count). The number of fused-ring (bicyclic) bond motifs is 1. The maximum atomic E-state index is 10.3. The Morgan fingerprint density at radius 3 is 2.02 bits per heavy atom. The minimum Gasteiger partial charge on any atom is -0.436 e. The molecule has 40 heavy (non-hydrogen) atoms. The van der Waals surface area contributed by atoms with Crippen molar-refractivity contribution in [2.24, 2.45) is 4.99 Å². The first-order chi connectivity index (χ1) is 19.5. The molecule has 0 spiro atoms. The number of hydrogen-bond donors (Lipinski definition) is 0. The number of aryl methyl sites for hydroxylation is 3. The number of furan rings is 1. The monoisotopic (exact) mass is 519 g/mol. The van der Waals surface area contributed by atoms with Crippen molar-refractivity contribution in [2.45, 2.75) is 27.3 Å². The molecule has 0 atom stereocenters. The fourth-order valence-corrected chi connectivity index (χ4v) is 5.04. The van der Waals surface area contributed by atoms with E-state index in [1.54, 1.807) is 0 Å². The first-order valence-corrected chi connectivity index (χ1v) is 13.4. The van der Waals surface area contributed by atoms with E-state index in [4.69, 9.17) is 9.41 Å². The quantitative estimate of drug-likeness (QED) is 0.206. The molecule has 2 aromatic heterocycles. The van der Waals surface area contributed by atoms with Crippen LogP contribution in [0.3, 0.4) is 0 Å². The van der Waals surface area contributed by atoms with E-state index >= 15 is 0 Å². The van der Waals surface area contributed by atoms with Crippen LogP contribution in [0.5, 0.6) is 0 Å². The Hall–Kier alpha value is -5.14. The van der Waals surface area contributed by atoms with Gasteiger partial charge in [0.2, 0.25) is 5.88 Å². The summed E-state index contributed by atoms with van der Waals surface area (Å²) in [7, 11) is 0. The Bertz CT molecular complexity index is 1880. The predicted molar refractivity (Wildman–Crippen MR) is 163 cm³/mol. The zero-order valence-corrected chi connectivity index (χ0v) is 22.8. The standard InChI is InChI=1S/C36H29N3O/c1-24-8-14-27(15-9-24)22-39-23-30(31-6-4-5-7-33(31)39)21-38-36-32(20-37)34(28-16-10-25(2)11-17-28)35(40-36)29-18-12-26(3)13-19-29/h4-19,21,23H,22H2,1-3H3. The zero-order chi connectivity index (χ0) is 27.6. The maximum Gasteiger partial charge on any atom is 0.238 e. The Morgan fingerprint density at radius 1 is 0.775 bits per heavy atom. The zero-order valence-electron chi connectivity index (χ0n) is 22.8. The molecule has 0 amide bonds. The van der Waals surface area contributed by atoms with Gasteiger partial charge in [-0.1, -0.05) is 108 Å². The summed E-state index contributed by atoms with van der Waals surface area (Å²) in [5, 5.41) is 11.4. The lowest BCUT2D eigenvalue weighted by Gasteiger charge is -2.06. The average Bonchev–Trinajstić information content (AvgIpc) is 3.52. The van der Waals surface area contributed by atoms with E-state index in [0.717, 1.165) is 50.8 Å². The van der Waals surface area contributed by atoms with Crippen molar-refractivity contribution in [1.82, 2.24) is 4.57 Å². The van der Waals surface area contributed by atoms with Gasteiger partial charge >= 0.3 is 0 Å². The Kier molecular flexibility index (Phi) is 6.64. The highest BCUT2D eigenvalue weighted by Crippen LogP contribution is 2.42. The molecule has 4 aromatic carbocycles. The van der Waals surface area contributed by atoms with Gasteiger partial charge in [0.05, 0.1) is 0 Å². The first-order valence-electron chi connectivity index (χ1n) is 13.4. The average molecular weight is 520 g/mol. The van der Waals surface area contributed by atoms with Crippen molar-refractivity contribution in [3.8, 4) is 28.5 Å². The van der Waals surface area contributed by atoms with Crippen LogP contribution in [-0.4, -0.2) is 10.8 Å². The van der Waals surface area contributed by atoms with E-state index < -0.39 is 0 Å². The van der Waals surface area contributed by atoms with E-state index in [1.807, 2.05) is 48.7 Å². The van der Waals surface area contributed by atoms with E-state index in [0.29, 0.717) is 17.2 Å². The van der Waals surface area contributed by atoms with Gasteiger partial charge in [-0.2, -0.15) is 5.26 Å². The summed E-state index contributed by atoms with van der Waals surface area (Å²) in [6.07, 6.45) is 3.93. The van der Waals surface area contributed by atoms with Gasteiger partial charge in [0.1, 0.15) is 17.4 Å². The minimum atomic E-state index is 0.309. The molecule has 0 unspecified atom stereocenters. The van der Waals surface area contributed by atoms with Crippen LogP contribution < -0.4 is 0 Å². The summed E-state index contributed by atoms with van der Waals surface area (Å²) >= 11 is 0. The molecule has 6 aromatic rings. The number of rotatable bonds is 6. The van der Waals surface area contributed by atoms with Gasteiger partial charge < -0.3 is 8.98 Å². The highest BCUT2D eigenvalue weighted by Gasteiger charge is 2.23.